The number of aromatic nitrogens is 6. The summed E-state index contributed by atoms with van der Waals surface area (Å²) >= 11 is 2.43. The number of anilines is 1. The summed E-state index contributed by atoms with van der Waals surface area (Å²) < 4.78 is 1.85. The molecule has 3 aromatic heterocycles. The summed E-state index contributed by atoms with van der Waals surface area (Å²) in [5, 5.41) is 55.1. The fourth-order valence-electron chi connectivity index (χ4n) is 4.65. The van der Waals surface area contributed by atoms with Crippen LogP contribution in [-0.2, 0) is 25.8 Å². The zero-order valence-electron chi connectivity index (χ0n) is 23.4. The molecule has 2 amide bonds. The Kier molecular flexibility index (Phi) is 7.49. The van der Waals surface area contributed by atoms with Crippen molar-refractivity contribution in [1.29, 1.82) is 0 Å². The number of carboxylic acids is 1. The van der Waals surface area contributed by atoms with Gasteiger partial charge in [-0.25, -0.2) is 9.55 Å². The Bertz CT molecular complexity index is 1910. The summed E-state index contributed by atoms with van der Waals surface area (Å²) in [4.78, 5) is 49.0. The molecule has 5 N–H and O–H groups in total. The standard InChI is InChI=1S/C26H24N10O7S2/c1-26(2,24(41)42)43-32-17(14-10-45-25(27)28-14)21(39)29-18-22(40)36-19(20-30-33-34-31-20)13(9-44-23(18)36)8-35-4-3-11-5-15(37)16(38)6-12(11)7-35/h3-7,10,18,23H,8-9H2,1-2H3,(H6,27,28,29,30,31,33,34,38,39,41,42)/p-1/b32-17-/t18-,23-/m1/s1. The lowest BCUT2D eigenvalue weighted by molar-refractivity contribution is -0.687. The molecule has 0 spiro atoms. The second-order valence-electron chi connectivity index (χ2n) is 10.5. The molecule has 5 heterocycles. The summed E-state index contributed by atoms with van der Waals surface area (Å²) in [5.74, 6) is -2.78. The smallest absolute Gasteiger partial charge is 0.276 e. The van der Waals surface area contributed by atoms with Crippen molar-refractivity contribution < 1.29 is 39.1 Å². The first-order valence-electron chi connectivity index (χ1n) is 13.1. The first kappa shape index (κ1) is 29.8. The predicted molar refractivity (Wildman–Crippen MR) is 156 cm³/mol. The lowest BCUT2D eigenvalue weighted by atomic mass is 10.0. The van der Waals surface area contributed by atoms with Crippen LogP contribution in [-0.4, -0.2) is 81.9 Å². The number of carbonyl (C=O) groups excluding carboxylic acids is 3. The Morgan fingerprint density at radius 2 is 2.07 bits per heavy atom. The van der Waals surface area contributed by atoms with Crippen molar-refractivity contribution in [3.8, 4) is 11.5 Å². The molecule has 0 bridgehead atoms. The number of pyridine rings is 1. The van der Waals surface area contributed by atoms with Gasteiger partial charge in [0, 0.05) is 28.2 Å². The van der Waals surface area contributed by atoms with Crippen molar-refractivity contribution in [2.24, 2.45) is 5.16 Å². The zero-order valence-corrected chi connectivity index (χ0v) is 25.1. The van der Waals surface area contributed by atoms with Crippen LogP contribution in [0.5, 0.6) is 11.5 Å². The maximum Gasteiger partial charge on any atom is 0.276 e. The number of nitrogen functional groups attached to an aromatic ring is 1. The topological polar surface area (TPSA) is 247 Å². The van der Waals surface area contributed by atoms with Gasteiger partial charge in [0.2, 0.25) is 0 Å². The number of nitrogens with zero attached hydrogens (tertiary/aromatic N) is 8. The second-order valence-corrected chi connectivity index (χ2v) is 12.5. The molecule has 45 heavy (non-hydrogen) atoms. The van der Waals surface area contributed by atoms with Crippen molar-refractivity contribution in [2.45, 2.75) is 37.4 Å². The Morgan fingerprint density at radius 3 is 2.73 bits per heavy atom. The fourth-order valence-corrected chi connectivity index (χ4v) is 6.53. The van der Waals surface area contributed by atoms with Gasteiger partial charge < -0.3 is 41.1 Å². The van der Waals surface area contributed by atoms with Gasteiger partial charge in [-0.1, -0.05) is 5.16 Å². The number of β-lactam (4-membered cyclic amide) rings is 1. The molecule has 4 aromatic rings. The highest BCUT2D eigenvalue weighted by Crippen LogP contribution is 2.43. The number of hydrogen-bond donors (Lipinski definition) is 4. The molecule has 0 saturated carbocycles. The van der Waals surface area contributed by atoms with Crippen LogP contribution in [0, 0.1) is 0 Å². The van der Waals surface area contributed by atoms with E-state index in [-0.39, 0.29) is 33.9 Å². The van der Waals surface area contributed by atoms with Crippen LogP contribution in [0.1, 0.15) is 25.4 Å². The molecule has 1 aromatic carbocycles. The van der Waals surface area contributed by atoms with Crippen LogP contribution in [0.4, 0.5) is 5.13 Å². The number of benzene rings is 1. The van der Waals surface area contributed by atoms with E-state index >= 15 is 0 Å². The molecule has 17 nitrogen and oxygen atoms in total. The van der Waals surface area contributed by atoms with E-state index in [0.717, 1.165) is 22.3 Å². The number of aliphatic carboxylic acids is 1. The number of phenols is 2. The number of thiazole rings is 1. The molecule has 0 radical (unpaired) electrons. The number of tetrazole rings is 1. The van der Waals surface area contributed by atoms with Crippen LogP contribution >= 0.6 is 23.1 Å². The zero-order chi connectivity index (χ0) is 32.0. The Hall–Kier alpha value is -5.30. The lowest BCUT2D eigenvalue weighted by Crippen LogP contribution is -2.70. The van der Waals surface area contributed by atoms with E-state index in [2.05, 4.69) is 36.1 Å². The minimum absolute atomic E-state index is 0.0326. The van der Waals surface area contributed by atoms with E-state index in [1.54, 1.807) is 18.5 Å². The third kappa shape index (κ3) is 5.57. The summed E-state index contributed by atoms with van der Waals surface area (Å²) in [6.07, 6.45) is 3.58. The number of rotatable bonds is 9. The van der Waals surface area contributed by atoms with E-state index in [1.807, 2.05) is 4.57 Å². The Balaban J connectivity index is 1.26. The average molecular weight is 652 g/mol. The van der Waals surface area contributed by atoms with Crippen molar-refractivity contribution in [3.63, 3.8) is 0 Å². The van der Waals surface area contributed by atoms with Crippen LogP contribution < -0.4 is 25.8 Å². The molecule has 1 fully saturated rings. The number of carbonyl (C=O) groups is 3. The van der Waals surface area contributed by atoms with Gasteiger partial charge in [-0.05, 0) is 31.4 Å². The Morgan fingerprint density at radius 1 is 1.31 bits per heavy atom. The van der Waals surface area contributed by atoms with Crippen molar-refractivity contribution in [3.05, 3.63) is 53.1 Å². The molecule has 2 atom stereocenters. The van der Waals surface area contributed by atoms with Gasteiger partial charge in [-0.2, -0.15) is 5.21 Å². The van der Waals surface area contributed by atoms with E-state index in [1.165, 1.54) is 48.0 Å². The molecule has 2 aliphatic heterocycles. The number of fused-ring (bicyclic) bond motifs is 2. The molecule has 19 heteroatoms. The SMILES string of the molecule is CC(C)(O/N=C(\C(=O)N[C@@H]1C(=O)N2C(c3nnn[n-]3)=C(C[n+]3ccc4cc(O)c(O)cc4c3)CS[C@H]12)c1csc(N)n1)C(=O)[O-]. The van der Waals surface area contributed by atoms with E-state index in [9.17, 15) is 29.7 Å². The molecule has 2 aliphatic rings. The lowest BCUT2D eigenvalue weighted by Gasteiger charge is -2.50. The van der Waals surface area contributed by atoms with E-state index in [0.29, 0.717) is 23.4 Å². The number of oxime groups is 1. The third-order valence-corrected chi connectivity index (χ3v) is 9.02. The molecule has 0 unspecified atom stereocenters. The maximum atomic E-state index is 13.6. The Labute approximate surface area is 261 Å². The van der Waals surface area contributed by atoms with Crippen molar-refractivity contribution >= 4 is 68.2 Å². The number of carboxylic acid groups (broad SMARTS) is 1. The summed E-state index contributed by atoms with van der Waals surface area (Å²) in [6.45, 7) is 2.72. The van der Waals surface area contributed by atoms with E-state index in [4.69, 9.17) is 10.6 Å². The third-order valence-electron chi connectivity index (χ3n) is 7.01. The number of thioether (sulfide) groups is 1. The van der Waals surface area contributed by atoms with Gasteiger partial charge in [0.15, 0.2) is 46.9 Å². The van der Waals surface area contributed by atoms with Crippen LogP contribution in [0.3, 0.4) is 0 Å². The number of aromatic hydroxyl groups is 2. The largest absolute Gasteiger partial charge is 0.546 e. The number of hydrogen-bond acceptors (Lipinski definition) is 15. The maximum absolute atomic E-state index is 13.6. The van der Waals surface area contributed by atoms with Gasteiger partial charge in [-0.3, -0.25) is 24.8 Å². The van der Waals surface area contributed by atoms with Gasteiger partial charge in [0.1, 0.15) is 17.1 Å². The van der Waals surface area contributed by atoms with Crippen LogP contribution in [0.25, 0.3) is 16.5 Å². The predicted octanol–water partition coefficient (Wildman–Crippen LogP) is -1.52. The highest BCUT2D eigenvalue weighted by atomic mass is 32.2. The molecule has 232 valence electrons. The average Bonchev–Trinajstić information content (AvgIpc) is 3.69. The molecular formula is C26H23N10O7S2-. The molecule has 1 saturated heterocycles. The van der Waals surface area contributed by atoms with Gasteiger partial charge in [-0.15, -0.1) is 23.1 Å². The van der Waals surface area contributed by atoms with Gasteiger partial charge in [0.05, 0.1) is 17.5 Å². The first-order valence-corrected chi connectivity index (χ1v) is 15.1. The van der Waals surface area contributed by atoms with Crippen LogP contribution in [0.2, 0.25) is 0 Å². The minimum atomic E-state index is -1.86. The first-order chi connectivity index (χ1) is 21.4. The molecule has 0 aliphatic carbocycles. The highest BCUT2D eigenvalue weighted by Gasteiger charge is 2.53. The number of nitrogens with one attached hydrogen (secondary N) is 1. The quantitative estimate of drug-likeness (QED) is 0.0528. The number of phenolic OH excluding ortho intramolecular Hbond substituents is 2. The number of amides is 2. The highest BCUT2D eigenvalue weighted by molar-refractivity contribution is 8.00. The second kappa shape index (κ2) is 11.3. The van der Waals surface area contributed by atoms with Crippen LogP contribution in [0.15, 0.2) is 46.7 Å². The van der Waals surface area contributed by atoms with Crippen molar-refractivity contribution in [2.75, 3.05) is 11.5 Å². The normalized spacial score (nSPS) is 18.5. The molecule has 6 rings (SSSR count). The summed E-state index contributed by atoms with van der Waals surface area (Å²) in [7, 11) is 0. The van der Waals surface area contributed by atoms with Gasteiger partial charge >= 0.3 is 0 Å². The fraction of sp³-hybridized carbons (Fsp3) is 0.269. The van der Waals surface area contributed by atoms with Crippen molar-refractivity contribution in [1.82, 2.24) is 35.8 Å². The summed E-state index contributed by atoms with van der Waals surface area (Å²) in [6, 6.07) is 3.70. The van der Waals surface area contributed by atoms with E-state index < -0.39 is 34.8 Å². The van der Waals surface area contributed by atoms with Gasteiger partial charge in [0.25, 0.3) is 11.8 Å². The monoisotopic (exact) mass is 651 g/mol. The molecular weight excluding hydrogens is 628 g/mol. The number of nitrogens with two attached hydrogens (primary N) is 1. The summed E-state index contributed by atoms with van der Waals surface area (Å²) in [5.41, 5.74) is 4.70. The minimum Gasteiger partial charge on any atom is -0.546 e.